The van der Waals surface area contributed by atoms with Crippen LogP contribution in [0.1, 0.15) is 61.5 Å². The van der Waals surface area contributed by atoms with E-state index in [1.165, 1.54) is 0 Å². The van der Waals surface area contributed by atoms with Gasteiger partial charge in [0.25, 0.3) is 5.91 Å². The van der Waals surface area contributed by atoms with Crippen molar-refractivity contribution < 1.29 is 14.7 Å². The summed E-state index contributed by atoms with van der Waals surface area (Å²) in [7, 11) is 0. The van der Waals surface area contributed by atoms with E-state index in [0.29, 0.717) is 18.2 Å². The van der Waals surface area contributed by atoms with Gasteiger partial charge in [0.1, 0.15) is 5.82 Å². The zero-order chi connectivity index (χ0) is 18.6. The molecule has 1 aromatic carbocycles. The Morgan fingerprint density at radius 1 is 1.24 bits per heavy atom. The van der Waals surface area contributed by atoms with E-state index in [1.54, 1.807) is 18.5 Å². The summed E-state index contributed by atoms with van der Waals surface area (Å²) >= 11 is 0. The molecule has 0 radical (unpaired) electrons. The maximum absolute atomic E-state index is 12.3. The lowest BCUT2D eigenvalue weighted by atomic mass is 10.0. The molecule has 2 aromatic rings. The largest absolute Gasteiger partial charge is 0.481 e. The lowest BCUT2D eigenvalue weighted by molar-refractivity contribution is -0.137. The molecule has 7 nitrogen and oxygen atoms in total. The van der Waals surface area contributed by atoms with Crippen LogP contribution in [0.5, 0.6) is 0 Å². The highest BCUT2D eigenvalue weighted by molar-refractivity contribution is 5.90. The summed E-state index contributed by atoms with van der Waals surface area (Å²) in [5, 5.41) is 15.8. The Balaban J connectivity index is 2.20. The van der Waals surface area contributed by atoms with Crippen molar-refractivity contribution in [2.24, 2.45) is 0 Å². The highest BCUT2D eigenvalue weighted by atomic mass is 16.4. The topological polar surface area (TPSA) is 97.1 Å². The maximum atomic E-state index is 12.3. The quantitative estimate of drug-likeness (QED) is 0.805. The smallest absolute Gasteiger partial charge is 0.303 e. The van der Waals surface area contributed by atoms with Crippen LogP contribution in [-0.2, 0) is 4.79 Å². The van der Waals surface area contributed by atoms with Crippen LogP contribution in [0, 0.1) is 6.92 Å². The van der Waals surface area contributed by atoms with E-state index in [4.69, 9.17) is 5.11 Å². The van der Waals surface area contributed by atoms with E-state index in [0.717, 1.165) is 11.3 Å². The van der Waals surface area contributed by atoms with Gasteiger partial charge in [-0.05, 0) is 37.8 Å². The molecule has 2 N–H and O–H groups in total. The zero-order valence-corrected chi connectivity index (χ0v) is 15.0. The second-order valence-corrected chi connectivity index (χ2v) is 6.41. The highest BCUT2D eigenvalue weighted by Gasteiger charge is 2.19. The lowest BCUT2D eigenvalue weighted by Crippen LogP contribution is -2.33. The van der Waals surface area contributed by atoms with E-state index in [-0.39, 0.29) is 18.3 Å². The van der Waals surface area contributed by atoms with E-state index < -0.39 is 11.9 Å². The Labute approximate surface area is 147 Å². The van der Waals surface area contributed by atoms with Gasteiger partial charge in [0.05, 0.1) is 5.69 Å². The molecule has 1 unspecified atom stereocenters. The molecule has 0 bridgehead atoms. The first-order valence-electron chi connectivity index (χ1n) is 8.35. The van der Waals surface area contributed by atoms with Gasteiger partial charge in [0, 0.05) is 12.5 Å². The predicted octanol–water partition coefficient (Wildman–Crippen LogP) is 2.68. The third kappa shape index (κ3) is 4.65. The fraction of sp³-hybridized carbons (Fsp3) is 0.444. The van der Waals surface area contributed by atoms with Gasteiger partial charge in [-0.3, -0.25) is 9.59 Å². The number of nitrogens with one attached hydrogen (secondary N) is 1. The molecular formula is C18H24N4O3. The van der Waals surface area contributed by atoms with Crippen molar-refractivity contribution in [1.82, 2.24) is 20.1 Å². The second kappa shape index (κ2) is 7.92. The van der Waals surface area contributed by atoms with Crippen molar-refractivity contribution in [3.8, 4) is 5.69 Å². The van der Waals surface area contributed by atoms with Crippen LogP contribution in [0.15, 0.2) is 24.3 Å². The lowest BCUT2D eigenvalue weighted by Gasteiger charge is -2.13. The van der Waals surface area contributed by atoms with Gasteiger partial charge in [-0.2, -0.15) is 0 Å². The summed E-state index contributed by atoms with van der Waals surface area (Å²) in [6, 6.07) is 7.63. The SMILES string of the molecule is Cc1nc(C(=O)NC(C)CCC(=O)O)nn1-c1ccccc1C(C)C. The molecule has 0 fully saturated rings. The molecule has 1 heterocycles. The van der Waals surface area contributed by atoms with E-state index in [9.17, 15) is 9.59 Å². The van der Waals surface area contributed by atoms with Crippen molar-refractivity contribution >= 4 is 11.9 Å². The van der Waals surface area contributed by atoms with Crippen LogP contribution < -0.4 is 5.32 Å². The summed E-state index contributed by atoms with van der Waals surface area (Å²) in [6.07, 6.45) is 0.362. The van der Waals surface area contributed by atoms with Gasteiger partial charge in [-0.1, -0.05) is 32.0 Å². The van der Waals surface area contributed by atoms with Crippen LogP contribution in [0.25, 0.3) is 5.69 Å². The van der Waals surface area contributed by atoms with Gasteiger partial charge < -0.3 is 10.4 Å². The molecule has 134 valence electrons. The number of carboxylic acid groups (broad SMARTS) is 1. The summed E-state index contributed by atoms with van der Waals surface area (Å²) in [6.45, 7) is 7.76. The summed E-state index contributed by atoms with van der Waals surface area (Å²) < 4.78 is 1.67. The maximum Gasteiger partial charge on any atom is 0.303 e. The first kappa shape index (κ1) is 18.6. The summed E-state index contributed by atoms with van der Waals surface area (Å²) in [5.41, 5.74) is 2.03. The number of hydrogen-bond donors (Lipinski definition) is 2. The molecule has 0 saturated heterocycles. The number of amides is 1. The second-order valence-electron chi connectivity index (χ2n) is 6.41. The summed E-state index contributed by atoms with van der Waals surface area (Å²) in [4.78, 5) is 27.2. The van der Waals surface area contributed by atoms with Gasteiger partial charge in [0.2, 0.25) is 5.82 Å². The predicted molar refractivity (Wildman–Crippen MR) is 94.0 cm³/mol. The van der Waals surface area contributed by atoms with Crippen molar-refractivity contribution in [1.29, 1.82) is 0 Å². The zero-order valence-electron chi connectivity index (χ0n) is 15.0. The van der Waals surface area contributed by atoms with Gasteiger partial charge in [-0.25, -0.2) is 9.67 Å². The molecule has 25 heavy (non-hydrogen) atoms. The first-order chi connectivity index (χ1) is 11.8. The minimum atomic E-state index is -0.885. The van der Waals surface area contributed by atoms with E-state index in [2.05, 4.69) is 29.2 Å². The fourth-order valence-electron chi connectivity index (χ4n) is 2.58. The van der Waals surface area contributed by atoms with Crippen molar-refractivity contribution in [3.05, 3.63) is 41.5 Å². The number of para-hydroxylation sites is 1. The molecule has 1 amide bonds. The van der Waals surface area contributed by atoms with Crippen LogP contribution in [-0.4, -0.2) is 37.8 Å². The molecule has 1 atom stereocenters. The average Bonchev–Trinajstić information content (AvgIpc) is 2.94. The molecule has 7 heteroatoms. The Hall–Kier alpha value is -2.70. The van der Waals surface area contributed by atoms with Gasteiger partial charge >= 0.3 is 5.97 Å². The third-order valence-corrected chi connectivity index (χ3v) is 3.93. The summed E-state index contributed by atoms with van der Waals surface area (Å²) in [5.74, 6) is -0.269. The van der Waals surface area contributed by atoms with Crippen LogP contribution in [0.2, 0.25) is 0 Å². The molecule has 0 spiro atoms. The van der Waals surface area contributed by atoms with Gasteiger partial charge in [0.15, 0.2) is 0 Å². The molecular weight excluding hydrogens is 320 g/mol. The number of benzene rings is 1. The molecule has 2 rings (SSSR count). The Morgan fingerprint density at radius 2 is 1.92 bits per heavy atom. The number of carbonyl (C=O) groups excluding carboxylic acids is 1. The van der Waals surface area contributed by atoms with Crippen molar-refractivity contribution in [2.45, 2.75) is 52.5 Å². The molecule has 1 aromatic heterocycles. The molecule has 0 saturated carbocycles. The average molecular weight is 344 g/mol. The van der Waals surface area contributed by atoms with Crippen LogP contribution >= 0.6 is 0 Å². The molecule has 0 aliphatic carbocycles. The molecule has 0 aliphatic rings. The van der Waals surface area contributed by atoms with E-state index in [1.807, 2.05) is 24.3 Å². The molecule has 0 aliphatic heterocycles. The number of rotatable bonds is 7. The number of nitrogens with zero attached hydrogens (tertiary/aromatic N) is 3. The third-order valence-electron chi connectivity index (χ3n) is 3.93. The number of hydrogen-bond acceptors (Lipinski definition) is 4. The van der Waals surface area contributed by atoms with Crippen molar-refractivity contribution in [2.75, 3.05) is 0 Å². The minimum absolute atomic E-state index is 0.00407. The number of aryl methyl sites for hydroxylation is 1. The number of carbonyl (C=O) groups is 2. The Morgan fingerprint density at radius 3 is 2.56 bits per heavy atom. The van der Waals surface area contributed by atoms with Crippen LogP contribution in [0.3, 0.4) is 0 Å². The van der Waals surface area contributed by atoms with Crippen molar-refractivity contribution in [3.63, 3.8) is 0 Å². The van der Waals surface area contributed by atoms with Crippen LogP contribution in [0.4, 0.5) is 0 Å². The standard InChI is InChI=1S/C18H24N4O3/c1-11(2)14-7-5-6-8-15(14)22-13(4)20-17(21-22)18(25)19-12(3)9-10-16(23)24/h5-8,11-12H,9-10H2,1-4H3,(H,19,25)(H,23,24). The minimum Gasteiger partial charge on any atom is -0.481 e. The number of aliphatic carboxylic acids is 1. The Bertz CT molecular complexity index is 767. The monoisotopic (exact) mass is 344 g/mol. The highest BCUT2D eigenvalue weighted by Crippen LogP contribution is 2.23. The van der Waals surface area contributed by atoms with E-state index >= 15 is 0 Å². The number of carboxylic acids is 1. The fourth-order valence-corrected chi connectivity index (χ4v) is 2.58. The number of aromatic nitrogens is 3. The first-order valence-corrected chi connectivity index (χ1v) is 8.35. The van der Waals surface area contributed by atoms with Gasteiger partial charge in [-0.15, -0.1) is 5.10 Å². The normalized spacial score (nSPS) is 12.2. The Kier molecular flexibility index (Phi) is 5.90.